The van der Waals surface area contributed by atoms with Crippen molar-refractivity contribution in [2.45, 2.75) is 37.8 Å². The first-order valence-electron chi connectivity index (χ1n) is 5.32. The lowest BCUT2D eigenvalue weighted by molar-refractivity contribution is -0.151. The van der Waals surface area contributed by atoms with Gasteiger partial charge < -0.3 is 4.74 Å². The molecule has 1 aliphatic rings. The van der Waals surface area contributed by atoms with Crippen LogP contribution in [0.3, 0.4) is 0 Å². The molecule has 0 heterocycles. The average Bonchev–Trinajstić information content (AvgIpc) is 2.17. The van der Waals surface area contributed by atoms with E-state index in [1.807, 2.05) is 19.0 Å². The second-order valence-electron chi connectivity index (χ2n) is 4.31. The summed E-state index contributed by atoms with van der Waals surface area (Å²) >= 11 is 2.19. The number of carbonyl (C=O) groups is 1. The first kappa shape index (κ1) is 13.2. The Morgan fingerprint density at radius 3 is 2.47 bits per heavy atom. The highest BCUT2D eigenvalue weighted by molar-refractivity contribution is 14.1. The topological polar surface area (TPSA) is 41.6 Å². The van der Waals surface area contributed by atoms with Crippen LogP contribution in [-0.2, 0) is 9.53 Å². The van der Waals surface area contributed by atoms with E-state index in [9.17, 15) is 4.79 Å². The van der Waals surface area contributed by atoms with Crippen LogP contribution in [0, 0.1) is 0 Å². The summed E-state index contributed by atoms with van der Waals surface area (Å²) in [7, 11) is 3.75. The molecule has 1 aliphatic carbocycles. The van der Waals surface area contributed by atoms with Gasteiger partial charge in [-0.1, -0.05) is 0 Å². The Morgan fingerprint density at radius 2 is 2.00 bits per heavy atom. The van der Waals surface area contributed by atoms with Gasteiger partial charge in [0.2, 0.25) is 0 Å². The number of nitrogens with one attached hydrogen (secondary N) is 1. The Kier molecular flexibility index (Phi) is 5.84. The summed E-state index contributed by atoms with van der Waals surface area (Å²) in [6.45, 7) is 0.379. The van der Waals surface area contributed by atoms with Gasteiger partial charge in [-0.25, -0.2) is 0 Å². The van der Waals surface area contributed by atoms with Crippen LogP contribution in [0.1, 0.15) is 25.7 Å². The highest BCUT2D eigenvalue weighted by atomic mass is 127. The van der Waals surface area contributed by atoms with E-state index in [1.165, 1.54) is 0 Å². The lowest BCUT2D eigenvalue weighted by Gasteiger charge is -2.27. The lowest BCUT2D eigenvalue weighted by Crippen LogP contribution is -2.33. The maximum Gasteiger partial charge on any atom is 0.320 e. The van der Waals surface area contributed by atoms with E-state index in [0.29, 0.717) is 12.6 Å². The molecule has 0 bridgehead atoms. The quantitative estimate of drug-likeness (QED) is 0.481. The normalized spacial score (nSPS) is 26.7. The second-order valence-corrected chi connectivity index (χ2v) is 4.93. The van der Waals surface area contributed by atoms with Crippen molar-refractivity contribution in [1.82, 2.24) is 8.43 Å². The molecule has 0 atom stereocenters. The van der Waals surface area contributed by atoms with Crippen LogP contribution in [0.2, 0.25) is 0 Å². The molecule has 5 heteroatoms. The Morgan fingerprint density at radius 1 is 1.40 bits per heavy atom. The first-order chi connectivity index (χ1) is 7.11. The number of hydrogen-bond donors (Lipinski definition) is 1. The first-order valence-corrected chi connectivity index (χ1v) is 6.40. The summed E-state index contributed by atoms with van der Waals surface area (Å²) in [4.78, 5) is 13.2. The maximum absolute atomic E-state index is 11.4. The molecular formula is C10H19IN2O2. The van der Waals surface area contributed by atoms with E-state index >= 15 is 0 Å². The van der Waals surface area contributed by atoms with Crippen molar-refractivity contribution in [3.63, 3.8) is 0 Å². The van der Waals surface area contributed by atoms with Gasteiger partial charge in [0.05, 0.1) is 6.54 Å². The van der Waals surface area contributed by atoms with Crippen molar-refractivity contribution in [2.75, 3.05) is 20.6 Å². The number of likely N-dealkylation sites (N-methyl/N-ethyl adjacent to an activating group) is 1. The zero-order valence-electron chi connectivity index (χ0n) is 9.33. The monoisotopic (exact) mass is 326 g/mol. The minimum atomic E-state index is -0.106. The van der Waals surface area contributed by atoms with Crippen LogP contribution < -0.4 is 3.53 Å². The predicted octanol–water partition coefficient (Wildman–Crippen LogP) is 1.34. The third kappa shape index (κ3) is 5.12. The van der Waals surface area contributed by atoms with Gasteiger partial charge >= 0.3 is 5.97 Å². The molecule has 1 rings (SSSR count). The molecule has 1 saturated carbocycles. The minimum Gasteiger partial charge on any atom is -0.461 e. The Balaban J connectivity index is 2.20. The Labute approximate surface area is 105 Å². The molecule has 88 valence electrons. The molecule has 0 amide bonds. The molecule has 0 aromatic rings. The number of nitrogens with zero attached hydrogens (tertiary/aromatic N) is 1. The molecule has 4 nitrogen and oxygen atoms in total. The number of ether oxygens (including phenoxy) is 1. The van der Waals surface area contributed by atoms with Crippen molar-refractivity contribution in [1.29, 1.82) is 0 Å². The van der Waals surface area contributed by atoms with Gasteiger partial charge in [-0.05, 0) is 39.8 Å². The van der Waals surface area contributed by atoms with Crippen LogP contribution in [0.4, 0.5) is 0 Å². The van der Waals surface area contributed by atoms with Crippen LogP contribution in [0.25, 0.3) is 0 Å². The molecule has 0 spiro atoms. The van der Waals surface area contributed by atoms with Crippen molar-refractivity contribution >= 4 is 28.8 Å². The molecule has 0 radical (unpaired) electrons. The van der Waals surface area contributed by atoms with Crippen LogP contribution in [0.5, 0.6) is 0 Å². The van der Waals surface area contributed by atoms with Crippen LogP contribution in [-0.4, -0.2) is 43.7 Å². The van der Waals surface area contributed by atoms with Gasteiger partial charge in [-0.3, -0.25) is 13.2 Å². The van der Waals surface area contributed by atoms with Crippen molar-refractivity contribution < 1.29 is 9.53 Å². The number of esters is 1. The van der Waals surface area contributed by atoms with E-state index in [0.717, 1.165) is 25.7 Å². The van der Waals surface area contributed by atoms with Gasteiger partial charge in [0.15, 0.2) is 0 Å². The fourth-order valence-electron chi connectivity index (χ4n) is 1.77. The summed E-state index contributed by atoms with van der Waals surface area (Å²) in [5.41, 5.74) is 0. The highest BCUT2D eigenvalue weighted by Gasteiger charge is 2.23. The predicted molar refractivity (Wildman–Crippen MR) is 67.8 cm³/mol. The van der Waals surface area contributed by atoms with Crippen molar-refractivity contribution in [3.8, 4) is 0 Å². The standard InChI is InChI=1S/C10H19IN2O2/c1-13(2)7-10(14)15-9-5-3-8(12-11)4-6-9/h8-9,12H,3-7H2,1-2H3. The SMILES string of the molecule is CN(C)CC(=O)OC1CCC(NI)CC1. The Bertz CT molecular complexity index is 204. The fraction of sp³-hybridized carbons (Fsp3) is 0.900. The number of hydrogen-bond acceptors (Lipinski definition) is 4. The van der Waals surface area contributed by atoms with Gasteiger partial charge in [0.1, 0.15) is 6.10 Å². The summed E-state index contributed by atoms with van der Waals surface area (Å²) in [6.07, 6.45) is 4.31. The lowest BCUT2D eigenvalue weighted by atomic mass is 9.94. The smallest absolute Gasteiger partial charge is 0.320 e. The van der Waals surface area contributed by atoms with Crippen molar-refractivity contribution in [3.05, 3.63) is 0 Å². The number of carbonyl (C=O) groups excluding carboxylic acids is 1. The molecule has 0 unspecified atom stereocenters. The summed E-state index contributed by atoms with van der Waals surface area (Å²) < 4.78 is 8.62. The summed E-state index contributed by atoms with van der Waals surface area (Å²) in [5, 5.41) is 0. The third-order valence-corrected chi connectivity index (χ3v) is 3.45. The molecule has 0 aromatic heterocycles. The molecule has 15 heavy (non-hydrogen) atoms. The van der Waals surface area contributed by atoms with E-state index in [1.54, 1.807) is 0 Å². The zero-order valence-corrected chi connectivity index (χ0v) is 11.5. The molecular weight excluding hydrogens is 307 g/mol. The second kappa shape index (κ2) is 6.65. The third-order valence-electron chi connectivity index (χ3n) is 2.57. The zero-order chi connectivity index (χ0) is 11.3. The summed E-state index contributed by atoms with van der Waals surface area (Å²) in [6, 6.07) is 0.592. The van der Waals surface area contributed by atoms with Crippen molar-refractivity contribution in [2.24, 2.45) is 0 Å². The van der Waals surface area contributed by atoms with E-state index in [4.69, 9.17) is 4.74 Å². The average molecular weight is 326 g/mol. The van der Waals surface area contributed by atoms with E-state index in [-0.39, 0.29) is 12.1 Å². The highest BCUT2D eigenvalue weighted by Crippen LogP contribution is 2.21. The van der Waals surface area contributed by atoms with Crippen LogP contribution >= 0.6 is 22.9 Å². The largest absolute Gasteiger partial charge is 0.461 e. The summed E-state index contributed by atoms with van der Waals surface area (Å²) in [5.74, 6) is -0.106. The van der Waals surface area contributed by atoms with Gasteiger partial charge in [0.25, 0.3) is 0 Å². The molecule has 0 aromatic carbocycles. The Hall–Kier alpha value is 0.120. The van der Waals surface area contributed by atoms with E-state index < -0.39 is 0 Å². The van der Waals surface area contributed by atoms with Crippen LogP contribution in [0.15, 0.2) is 0 Å². The minimum absolute atomic E-state index is 0.106. The molecule has 1 fully saturated rings. The molecule has 1 N–H and O–H groups in total. The van der Waals surface area contributed by atoms with Gasteiger partial charge in [-0.15, -0.1) is 0 Å². The number of halogens is 1. The van der Waals surface area contributed by atoms with Gasteiger partial charge in [0, 0.05) is 28.9 Å². The van der Waals surface area contributed by atoms with Gasteiger partial charge in [-0.2, -0.15) is 0 Å². The molecule has 0 aliphatic heterocycles. The number of rotatable bonds is 4. The molecule has 0 saturated heterocycles. The van der Waals surface area contributed by atoms with E-state index in [2.05, 4.69) is 26.4 Å². The maximum atomic E-state index is 11.4. The fourth-order valence-corrected chi connectivity index (χ4v) is 2.39.